The molecule has 0 saturated carbocycles. The van der Waals surface area contributed by atoms with Crippen molar-refractivity contribution >= 4 is 5.97 Å². The third kappa shape index (κ3) is 3.42. The van der Waals surface area contributed by atoms with Gasteiger partial charge in [-0.15, -0.1) is 0 Å². The van der Waals surface area contributed by atoms with Crippen LogP contribution in [0, 0.1) is 0 Å². The lowest BCUT2D eigenvalue weighted by molar-refractivity contribution is -0.139. The number of nitrogens with zero attached hydrogens (tertiary/aromatic N) is 1. The van der Waals surface area contributed by atoms with E-state index in [0.29, 0.717) is 18.7 Å². The molecule has 5 nitrogen and oxygen atoms in total. The third-order valence-corrected chi connectivity index (χ3v) is 4.03. The standard InChI is InChI=1S/C17H25NO4/c1-5-18(6-2)11-15-16(17(19)21-7-3)13-10-12(20-4)8-9-14(13)22-15/h8-10,14-15H,5-7,11H2,1-4H3. The molecule has 0 N–H and O–H groups in total. The van der Waals surface area contributed by atoms with E-state index in [1.165, 1.54) is 0 Å². The summed E-state index contributed by atoms with van der Waals surface area (Å²) in [7, 11) is 1.62. The number of ether oxygens (including phenoxy) is 3. The summed E-state index contributed by atoms with van der Waals surface area (Å²) in [4.78, 5) is 14.6. The van der Waals surface area contributed by atoms with Gasteiger partial charge >= 0.3 is 5.97 Å². The highest BCUT2D eigenvalue weighted by molar-refractivity contribution is 5.92. The van der Waals surface area contributed by atoms with Crippen LogP contribution in [0.1, 0.15) is 20.8 Å². The monoisotopic (exact) mass is 307 g/mol. The van der Waals surface area contributed by atoms with E-state index in [4.69, 9.17) is 14.2 Å². The number of allylic oxidation sites excluding steroid dienone is 1. The summed E-state index contributed by atoms with van der Waals surface area (Å²) < 4.78 is 16.6. The molecule has 0 aromatic carbocycles. The second-order valence-corrected chi connectivity index (χ2v) is 5.23. The number of likely N-dealkylation sites (N-methyl/N-ethyl adjacent to an activating group) is 1. The van der Waals surface area contributed by atoms with Gasteiger partial charge in [0.25, 0.3) is 0 Å². The van der Waals surface area contributed by atoms with Gasteiger partial charge in [0, 0.05) is 12.1 Å². The van der Waals surface area contributed by atoms with Gasteiger partial charge in [-0.3, -0.25) is 0 Å². The van der Waals surface area contributed by atoms with E-state index in [1.807, 2.05) is 25.2 Å². The van der Waals surface area contributed by atoms with Gasteiger partial charge < -0.3 is 19.1 Å². The number of esters is 1. The first kappa shape index (κ1) is 16.8. The van der Waals surface area contributed by atoms with Crippen LogP contribution in [-0.4, -0.2) is 56.4 Å². The Labute approximate surface area is 132 Å². The van der Waals surface area contributed by atoms with Crippen molar-refractivity contribution in [3.8, 4) is 0 Å². The normalized spacial score (nSPS) is 23.6. The van der Waals surface area contributed by atoms with Gasteiger partial charge in [0.15, 0.2) is 0 Å². The van der Waals surface area contributed by atoms with Crippen LogP contribution in [0.5, 0.6) is 0 Å². The summed E-state index contributed by atoms with van der Waals surface area (Å²) in [6.07, 6.45) is 5.21. The molecule has 22 heavy (non-hydrogen) atoms. The smallest absolute Gasteiger partial charge is 0.337 e. The van der Waals surface area contributed by atoms with Gasteiger partial charge in [-0.1, -0.05) is 13.8 Å². The Kier molecular flexibility index (Phi) is 5.80. The van der Waals surface area contributed by atoms with Crippen molar-refractivity contribution in [3.63, 3.8) is 0 Å². The summed E-state index contributed by atoms with van der Waals surface area (Å²) in [6, 6.07) is 0. The van der Waals surface area contributed by atoms with E-state index in [9.17, 15) is 4.79 Å². The van der Waals surface area contributed by atoms with Crippen LogP contribution in [0.15, 0.2) is 35.1 Å². The van der Waals surface area contributed by atoms with Gasteiger partial charge in [-0.25, -0.2) is 4.79 Å². The molecule has 2 unspecified atom stereocenters. The fraction of sp³-hybridized carbons (Fsp3) is 0.588. The molecular formula is C17H25NO4. The van der Waals surface area contributed by atoms with Crippen LogP contribution >= 0.6 is 0 Å². The molecule has 122 valence electrons. The predicted molar refractivity (Wildman–Crippen MR) is 84.3 cm³/mol. The summed E-state index contributed by atoms with van der Waals surface area (Å²) in [6.45, 7) is 8.90. The maximum atomic E-state index is 12.4. The first-order chi connectivity index (χ1) is 10.6. The van der Waals surface area contributed by atoms with Crippen LogP contribution in [0.4, 0.5) is 0 Å². The summed E-state index contributed by atoms with van der Waals surface area (Å²) >= 11 is 0. The minimum absolute atomic E-state index is 0.195. The van der Waals surface area contributed by atoms with Crippen LogP contribution < -0.4 is 0 Å². The maximum absolute atomic E-state index is 12.4. The molecule has 2 rings (SSSR count). The van der Waals surface area contributed by atoms with Crippen LogP contribution in [0.2, 0.25) is 0 Å². The van der Waals surface area contributed by atoms with Crippen molar-refractivity contribution in [1.29, 1.82) is 0 Å². The highest BCUT2D eigenvalue weighted by Gasteiger charge is 2.38. The second kappa shape index (κ2) is 7.61. The number of hydrogen-bond donors (Lipinski definition) is 0. The highest BCUT2D eigenvalue weighted by Crippen LogP contribution is 2.34. The van der Waals surface area contributed by atoms with Gasteiger partial charge in [0.2, 0.25) is 0 Å². The van der Waals surface area contributed by atoms with Crippen LogP contribution in [-0.2, 0) is 19.0 Å². The Bertz CT molecular complexity index is 503. The summed E-state index contributed by atoms with van der Waals surface area (Å²) in [5.74, 6) is 0.430. The molecular weight excluding hydrogens is 282 g/mol. The lowest BCUT2D eigenvalue weighted by Crippen LogP contribution is -2.35. The zero-order valence-corrected chi connectivity index (χ0v) is 13.8. The molecule has 1 aliphatic carbocycles. The van der Waals surface area contributed by atoms with Crippen molar-refractivity contribution < 1.29 is 19.0 Å². The van der Waals surface area contributed by atoms with Crippen molar-refractivity contribution in [3.05, 3.63) is 35.1 Å². The summed E-state index contributed by atoms with van der Waals surface area (Å²) in [5.41, 5.74) is 1.48. The minimum Gasteiger partial charge on any atom is -0.497 e. The molecule has 1 aliphatic heterocycles. The third-order valence-electron chi connectivity index (χ3n) is 4.03. The van der Waals surface area contributed by atoms with Gasteiger partial charge in [-0.2, -0.15) is 0 Å². The fourth-order valence-corrected chi connectivity index (χ4v) is 2.79. The predicted octanol–water partition coefficient (Wildman–Crippen LogP) is 2.06. The van der Waals surface area contributed by atoms with Crippen LogP contribution in [0.3, 0.4) is 0 Å². The molecule has 0 saturated heterocycles. The van der Waals surface area contributed by atoms with Crippen molar-refractivity contribution in [2.24, 2.45) is 0 Å². The molecule has 0 amide bonds. The number of carbonyl (C=O) groups is 1. The molecule has 2 atom stereocenters. The summed E-state index contributed by atoms with van der Waals surface area (Å²) in [5, 5.41) is 0. The second-order valence-electron chi connectivity index (χ2n) is 5.23. The Morgan fingerprint density at radius 1 is 1.32 bits per heavy atom. The number of rotatable bonds is 7. The van der Waals surface area contributed by atoms with E-state index in [2.05, 4.69) is 18.7 Å². The largest absolute Gasteiger partial charge is 0.497 e. The molecule has 0 aromatic rings. The topological polar surface area (TPSA) is 48.0 Å². The average Bonchev–Trinajstić information content (AvgIpc) is 2.89. The van der Waals surface area contributed by atoms with Crippen molar-refractivity contribution in [2.75, 3.05) is 33.4 Å². The Balaban J connectivity index is 2.32. The Morgan fingerprint density at radius 3 is 2.64 bits per heavy atom. The minimum atomic E-state index is -0.292. The molecule has 1 heterocycles. The number of methoxy groups -OCH3 is 1. The Morgan fingerprint density at radius 2 is 2.05 bits per heavy atom. The highest BCUT2D eigenvalue weighted by atomic mass is 16.5. The maximum Gasteiger partial charge on any atom is 0.337 e. The molecule has 0 aromatic heterocycles. The molecule has 0 fully saturated rings. The zero-order valence-electron chi connectivity index (χ0n) is 13.8. The average molecular weight is 307 g/mol. The van der Waals surface area contributed by atoms with Crippen molar-refractivity contribution in [1.82, 2.24) is 4.90 Å². The van der Waals surface area contributed by atoms with E-state index in [-0.39, 0.29) is 18.2 Å². The van der Waals surface area contributed by atoms with Crippen molar-refractivity contribution in [2.45, 2.75) is 33.0 Å². The van der Waals surface area contributed by atoms with E-state index < -0.39 is 0 Å². The van der Waals surface area contributed by atoms with Gasteiger partial charge in [-0.05, 0) is 38.2 Å². The SMILES string of the molecule is CCOC(=O)C1=C2C=C(OC)C=CC2OC1CN(CC)CC. The van der Waals surface area contributed by atoms with Gasteiger partial charge in [0.1, 0.15) is 18.0 Å². The fourth-order valence-electron chi connectivity index (χ4n) is 2.79. The first-order valence-corrected chi connectivity index (χ1v) is 7.87. The number of fused-ring (bicyclic) bond motifs is 1. The molecule has 0 spiro atoms. The lowest BCUT2D eigenvalue weighted by atomic mass is 9.98. The van der Waals surface area contributed by atoms with Crippen LogP contribution in [0.25, 0.3) is 0 Å². The number of hydrogen-bond acceptors (Lipinski definition) is 5. The molecule has 0 radical (unpaired) electrons. The first-order valence-electron chi connectivity index (χ1n) is 7.87. The van der Waals surface area contributed by atoms with E-state index in [1.54, 1.807) is 7.11 Å². The zero-order chi connectivity index (χ0) is 16.1. The van der Waals surface area contributed by atoms with E-state index in [0.717, 1.165) is 24.4 Å². The molecule has 5 heteroatoms. The molecule has 2 aliphatic rings. The Hall–Kier alpha value is -1.59. The van der Waals surface area contributed by atoms with E-state index >= 15 is 0 Å². The molecule has 0 bridgehead atoms. The number of carbonyl (C=O) groups excluding carboxylic acids is 1. The lowest BCUT2D eigenvalue weighted by Gasteiger charge is -2.23. The quantitative estimate of drug-likeness (QED) is 0.674. The van der Waals surface area contributed by atoms with Gasteiger partial charge in [0.05, 0.1) is 19.3 Å².